The van der Waals surface area contributed by atoms with E-state index >= 15 is 0 Å². The molecule has 6 heteroatoms. The van der Waals surface area contributed by atoms with Gasteiger partial charge in [0.2, 0.25) is 29.0 Å². The minimum absolute atomic E-state index is 0.225. The van der Waals surface area contributed by atoms with Crippen molar-refractivity contribution >= 4 is 29.1 Å². The number of hydrogen-bond acceptors (Lipinski definition) is 5. The van der Waals surface area contributed by atoms with Crippen molar-refractivity contribution in [3.63, 3.8) is 0 Å². The molecular weight excluding hydrogens is 406 g/mol. The number of hydrogen-bond donors (Lipinski definition) is 0. The second-order valence-corrected chi connectivity index (χ2v) is 8.24. The molecular formula is C26H17NO5. The number of ketones is 2. The van der Waals surface area contributed by atoms with Gasteiger partial charge in [-0.3, -0.25) is 19.2 Å². The van der Waals surface area contributed by atoms with Gasteiger partial charge >= 0.3 is 0 Å². The minimum Gasteiger partial charge on any atom is -0.349 e. The fraction of sp³-hybridized carbons (Fsp3) is 0.154. The maximum atomic E-state index is 13.7. The normalized spacial score (nSPS) is 25.5. The molecule has 0 unspecified atom stereocenters. The smallest absolute Gasteiger partial charge is 0.241 e. The van der Waals surface area contributed by atoms with Crippen molar-refractivity contribution in [3.05, 3.63) is 102 Å². The number of fused-ring (bicyclic) bond motifs is 3. The number of imide groups is 1. The van der Waals surface area contributed by atoms with Crippen LogP contribution in [0.4, 0.5) is 5.69 Å². The lowest BCUT2D eigenvalue weighted by molar-refractivity contribution is -0.127. The molecule has 0 aromatic heterocycles. The molecule has 3 aliphatic rings. The molecule has 2 heterocycles. The topological polar surface area (TPSA) is 80.8 Å². The van der Waals surface area contributed by atoms with Crippen molar-refractivity contribution < 1.29 is 23.9 Å². The number of benzene rings is 3. The third kappa shape index (κ3) is 2.22. The van der Waals surface area contributed by atoms with Gasteiger partial charge in [0, 0.05) is 11.1 Å². The minimum atomic E-state index is -2.04. The molecule has 3 atom stereocenters. The maximum absolute atomic E-state index is 13.7. The summed E-state index contributed by atoms with van der Waals surface area (Å²) < 4.78 is 6.23. The van der Waals surface area contributed by atoms with Crippen LogP contribution in [-0.4, -0.2) is 29.0 Å². The van der Waals surface area contributed by atoms with E-state index in [1.54, 1.807) is 78.9 Å². The lowest BCUT2D eigenvalue weighted by Crippen LogP contribution is -2.51. The van der Waals surface area contributed by atoms with Crippen LogP contribution in [0.2, 0.25) is 0 Å². The number of Topliss-reactive ketones (excluding diaryl/α,β-unsaturated/α-hetero) is 2. The zero-order valence-corrected chi connectivity index (χ0v) is 16.8. The summed E-state index contributed by atoms with van der Waals surface area (Å²) in [5.74, 6) is -4.36. The molecule has 2 saturated heterocycles. The van der Waals surface area contributed by atoms with Crippen molar-refractivity contribution in [2.75, 3.05) is 4.90 Å². The average Bonchev–Trinajstić information content (AvgIpc) is 3.40. The van der Waals surface area contributed by atoms with Crippen molar-refractivity contribution in [1.82, 2.24) is 0 Å². The van der Waals surface area contributed by atoms with Crippen molar-refractivity contribution in [3.8, 4) is 0 Å². The number of carbonyl (C=O) groups is 4. The third-order valence-electron chi connectivity index (χ3n) is 6.66. The van der Waals surface area contributed by atoms with Crippen molar-refractivity contribution in [2.24, 2.45) is 11.8 Å². The molecule has 2 amide bonds. The predicted octanol–water partition coefficient (Wildman–Crippen LogP) is 3.38. The largest absolute Gasteiger partial charge is 0.349 e. The Labute approximate surface area is 183 Å². The van der Waals surface area contributed by atoms with Crippen LogP contribution in [0, 0.1) is 11.8 Å². The van der Waals surface area contributed by atoms with Crippen LogP contribution in [0.15, 0.2) is 84.9 Å². The summed E-state index contributed by atoms with van der Waals surface area (Å²) in [6.07, 6.45) is -0.895. The van der Waals surface area contributed by atoms with Gasteiger partial charge in [0.1, 0.15) is 0 Å². The van der Waals surface area contributed by atoms with E-state index in [9.17, 15) is 19.2 Å². The van der Waals surface area contributed by atoms with E-state index in [4.69, 9.17) is 4.74 Å². The Balaban J connectivity index is 1.56. The maximum Gasteiger partial charge on any atom is 0.241 e. The van der Waals surface area contributed by atoms with Gasteiger partial charge in [-0.15, -0.1) is 0 Å². The Kier molecular flexibility index (Phi) is 3.85. The molecule has 0 radical (unpaired) electrons. The highest BCUT2D eigenvalue weighted by molar-refractivity contribution is 6.37. The Morgan fingerprint density at radius 2 is 1.19 bits per heavy atom. The van der Waals surface area contributed by atoms with E-state index in [2.05, 4.69) is 0 Å². The van der Waals surface area contributed by atoms with Crippen LogP contribution in [0.25, 0.3) is 0 Å². The Hall–Kier alpha value is -3.90. The average molecular weight is 423 g/mol. The van der Waals surface area contributed by atoms with E-state index in [0.29, 0.717) is 11.3 Å². The molecule has 3 aromatic rings. The highest BCUT2D eigenvalue weighted by atomic mass is 16.5. The lowest BCUT2D eigenvalue weighted by atomic mass is 9.77. The van der Waals surface area contributed by atoms with E-state index < -0.39 is 46.9 Å². The monoisotopic (exact) mass is 423 g/mol. The zero-order chi connectivity index (χ0) is 22.0. The van der Waals surface area contributed by atoms with E-state index in [1.165, 1.54) is 0 Å². The highest BCUT2D eigenvalue weighted by Crippen LogP contribution is 2.57. The first-order valence-electron chi connectivity index (χ1n) is 10.4. The van der Waals surface area contributed by atoms with Gasteiger partial charge < -0.3 is 4.74 Å². The van der Waals surface area contributed by atoms with Crippen LogP contribution in [0.5, 0.6) is 0 Å². The SMILES string of the molecule is O=C1[C@@H]2[C@@H](c3ccccc3)OC3(C(=O)c4ccccc4C3=O)[C@@H]2C(=O)N1c1ccccc1. The van der Waals surface area contributed by atoms with Gasteiger partial charge in [-0.2, -0.15) is 0 Å². The molecule has 156 valence electrons. The number of amides is 2. The quantitative estimate of drug-likeness (QED) is 0.466. The molecule has 32 heavy (non-hydrogen) atoms. The van der Waals surface area contributed by atoms with E-state index in [-0.39, 0.29) is 11.1 Å². The van der Waals surface area contributed by atoms with Gasteiger partial charge in [-0.25, -0.2) is 4.90 Å². The van der Waals surface area contributed by atoms with Crippen molar-refractivity contribution in [2.45, 2.75) is 11.7 Å². The van der Waals surface area contributed by atoms with Gasteiger partial charge in [0.15, 0.2) is 0 Å². The van der Waals surface area contributed by atoms with Crippen LogP contribution in [0.3, 0.4) is 0 Å². The number of para-hydroxylation sites is 1. The number of carbonyl (C=O) groups excluding carboxylic acids is 4. The number of nitrogens with zero attached hydrogens (tertiary/aromatic N) is 1. The van der Waals surface area contributed by atoms with Crippen LogP contribution in [0.1, 0.15) is 32.4 Å². The number of rotatable bonds is 2. The number of anilines is 1. The summed E-state index contributed by atoms with van der Waals surface area (Å²) in [5.41, 5.74) is -0.529. The molecule has 6 rings (SSSR count). The van der Waals surface area contributed by atoms with Crippen LogP contribution < -0.4 is 4.90 Å². The molecule has 6 nitrogen and oxygen atoms in total. The fourth-order valence-corrected chi connectivity index (χ4v) is 5.29. The van der Waals surface area contributed by atoms with Gasteiger partial charge in [-0.05, 0) is 17.7 Å². The van der Waals surface area contributed by atoms with Crippen LogP contribution in [-0.2, 0) is 14.3 Å². The second-order valence-electron chi connectivity index (χ2n) is 8.24. The summed E-state index contributed by atoms with van der Waals surface area (Å²) in [4.78, 5) is 55.6. The molecule has 2 aliphatic heterocycles. The van der Waals surface area contributed by atoms with E-state index in [1.807, 2.05) is 6.07 Å². The summed E-state index contributed by atoms with van der Waals surface area (Å²) in [6, 6.07) is 24.0. The fourth-order valence-electron chi connectivity index (χ4n) is 5.29. The van der Waals surface area contributed by atoms with Gasteiger partial charge in [-0.1, -0.05) is 72.8 Å². The van der Waals surface area contributed by atoms with Gasteiger partial charge in [0.05, 0.1) is 23.6 Å². The highest BCUT2D eigenvalue weighted by Gasteiger charge is 2.74. The zero-order valence-electron chi connectivity index (χ0n) is 16.8. The molecule has 0 saturated carbocycles. The van der Waals surface area contributed by atoms with E-state index in [0.717, 1.165) is 4.90 Å². The van der Waals surface area contributed by atoms with Gasteiger partial charge in [0.25, 0.3) is 0 Å². The molecule has 0 N–H and O–H groups in total. The molecule has 1 aliphatic carbocycles. The second kappa shape index (κ2) is 6.55. The summed E-state index contributed by atoms with van der Waals surface area (Å²) in [7, 11) is 0. The summed E-state index contributed by atoms with van der Waals surface area (Å²) in [5, 5.41) is 0. The Morgan fingerprint density at radius 3 is 1.78 bits per heavy atom. The molecule has 3 aromatic carbocycles. The molecule has 0 bridgehead atoms. The summed E-state index contributed by atoms with van der Waals surface area (Å²) >= 11 is 0. The van der Waals surface area contributed by atoms with Crippen LogP contribution >= 0.6 is 0 Å². The first-order valence-corrected chi connectivity index (χ1v) is 10.4. The number of ether oxygens (including phenoxy) is 1. The first-order chi connectivity index (χ1) is 15.6. The molecule has 2 fully saturated rings. The predicted molar refractivity (Wildman–Crippen MR) is 114 cm³/mol. The van der Waals surface area contributed by atoms with Crippen molar-refractivity contribution in [1.29, 1.82) is 0 Å². The third-order valence-corrected chi connectivity index (χ3v) is 6.66. The Bertz CT molecular complexity index is 1270. The standard InChI is InChI=1S/C26H17NO5/c28-22-17-13-7-8-14-18(17)23(29)26(22)20-19(21(32-26)15-9-3-1-4-10-15)24(30)27(25(20)31)16-11-5-2-6-12-16/h1-14,19-21H/t19-,20-,21+/m0/s1. The molecule has 1 spiro atoms. The lowest BCUT2D eigenvalue weighted by Gasteiger charge is -2.27. The Morgan fingerprint density at radius 1 is 0.656 bits per heavy atom. The first kappa shape index (κ1) is 18.8. The summed E-state index contributed by atoms with van der Waals surface area (Å²) in [6.45, 7) is 0.